The molecule has 5 nitrogen and oxygen atoms in total. The van der Waals surface area contributed by atoms with Crippen LogP contribution in [0, 0.1) is 0 Å². The third kappa shape index (κ3) is 2.85. The van der Waals surface area contributed by atoms with Crippen molar-refractivity contribution in [2.24, 2.45) is 0 Å². The standard InChI is InChI=1S/C18H25N3O2/c1-3-15-11-7-8-12-20(15)13-21-16(22)18(2,19-17(21)23)14-9-5-4-6-10-14/h4-6,9-10,15H,3,7-8,11-13H2,1-2H3,(H,19,23)/t15-,18+/m0/s1. The quantitative estimate of drug-likeness (QED) is 0.869. The maximum Gasteiger partial charge on any atom is 0.326 e. The zero-order valence-corrected chi connectivity index (χ0v) is 13.9. The molecule has 2 aliphatic rings. The van der Waals surface area contributed by atoms with Gasteiger partial charge in [0.25, 0.3) is 5.91 Å². The Hall–Kier alpha value is -1.88. The molecule has 1 aromatic rings. The molecule has 2 fully saturated rings. The van der Waals surface area contributed by atoms with E-state index >= 15 is 0 Å². The van der Waals surface area contributed by atoms with E-state index < -0.39 is 5.54 Å². The van der Waals surface area contributed by atoms with E-state index in [1.807, 2.05) is 30.3 Å². The van der Waals surface area contributed by atoms with Crippen LogP contribution in [0.25, 0.3) is 0 Å². The van der Waals surface area contributed by atoms with Gasteiger partial charge < -0.3 is 5.32 Å². The van der Waals surface area contributed by atoms with Gasteiger partial charge in [0.15, 0.2) is 0 Å². The first-order chi connectivity index (χ1) is 11.1. The van der Waals surface area contributed by atoms with Crippen LogP contribution >= 0.6 is 0 Å². The number of hydrogen-bond donors (Lipinski definition) is 1. The molecular formula is C18H25N3O2. The number of carbonyl (C=O) groups excluding carboxylic acids is 2. The van der Waals surface area contributed by atoms with Gasteiger partial charge in [0.05, 0.1) is 6.67 Å². The first-order valence-electron chi connectivity index (χ1n) is 8.50. The molecule has 0 unspecified atom stereocenters. The van der Waals surface area contributed by atoms with Gasteiger partial charge in [0.1, 0.15) is 5.54 Å². The number of nitrogens with zero attached hydrogens (tertiary/aromatic N) is 2. The Bertz CT molecular complexity index is 589. The van der Waals surface area contributed by atoms with E-state index in [2.05, 4.69) is 17.1 Å². The predicted octanol–water partition coefficient (Wildman–Crippen LogP) is 2.68. The maximum absolute atomic E-state index is 12.9. The van der Waals surface area contributed by atoms with Crippen molar-refractivity contribution in [1.82, 2.24) is 15.1 Å². The number of likely N-dealkylation sites (tertiary alicyclic amines) is 1. The highest BCUT2D eigenvalue weighted by atomic mass is 16.2. The number of urea groups is 1. The summed E-state index contributed by atoms with van der Waals surface area (Å²) in [6, 6.07) is 9.64. The number of amides is 3. The molecule has 3 rings (SSSR count). The average Bonchev–Trinajstić information content (AvgIpc) is 2.80. The van der Waals surface area contributed by atoms with E-state index in [4.69, 9.17) is 0 Å². The Labute approximate surface area is 137 Å². The zero-order valence-electron chi connectivity index (χ0n) is 13.9. The molecule has 2 aliphatic heterocycles. The first kappa shape index (κ1) is 16.0. The fraction of sp³-hybridized carbons (Fsp3) is 0.556. The molecule has 0 radical (unpaired) electrons. The summed E-state index contributed by atoms with van der Waals surface area (Å²) in [6.45, 7) is 5.31. The van der Waals surface area contributed by atoms with Crippen LogP contribution in [0.2, 0.25) is 0 Å². The van der Waals surface area contributed by atoms with Crippen molar-refractivity contribution in [2.75, 3.05) is 13.2 Å². The smallest absolute Gasteiger partial charge is 0.319 e. The molecule has 0 saturated carbocycles. The maximum atomic E-state index is 12.9. The van der Waals surface area contributed by atoms with Gasteiger partial charge in [-0.3, -0.25) is 9.69 Å². The second kappa shape index (κ2) is 6.32. The number of rotatable bonds is 4. The molecular weight excluding hydrogens is 290 g/mol. The summed E-state index contributed by atoms with van der Waals surface area (Å²) in [5.41, 5.74) is -0.137. The van der Waals surface area contributed by atoms with E-state index in [9.17, 15) is 9.59 Å². The molecule has 1 aromatic carbocycles. The van der Waals surface area contributed by atoms with Crippen molar-refractivity contribution >= 4 is 11.9 Å². The molecule has 2 saturated heterocycles. The van der Waals surface area contributed by atoms with Gasteiger partial charge >= 0.3 is 6.03 Å². The lowest BCUT2D eigenvalue weighted by atomic mass is 9.92. The van der Waals surface area contributed by atoms with Crippen molar-refractivity contribution in [2.45, 2.75) is 51.1 Å². The summed E-state index contributed by atoms with van der Waals surface area (Å²) in [4.78, 5) is 29.0. The Morgan fingerprint density at radius 1 is 1.22 bits per heavy atom. The van der Waals surface area contributed by atoms with E-state index in [1.165, 1.54) is 11.3 Å². The lowest BCUT2D eigenvalue weighted by molar-refractivity contribution is -0.133. The van der Waals surface area contributed by atoms with Crippen molar-refractivity contribution in [1.29, 1.82) is 0 Å². The molecule has 2 heterocycles. The van der Waals surface area contributed by atoms with Crippen LogP contribution in [0.3, 0.4) is 0 Å². The minimum absolute atomic E-state index is 0.158. The molecule has 0 spiro atoms. The Morgan fingerprint density at radius 3 is 2.65 bits per heavy atom. The topological polar surface area (TPSA) is 52.6 Å². The predicted molar refractivity (Wildman–Crippen MR) is 88.7 cm³/mol. The summed E-state index contributed by atoms with van der Waals surface area (Å²) in [5.74, 6) is -0.158. The Kier molecular flexibility index (Phi) is 4.39. The van der Waals surface area contributed by atoms with Crippen LogP contribution < -0.4 is 5.32 Å². The molecule has 3 amide bonds. The highest BCUT2D eigenvalue weighted by Crippen LogP contribution is 2.29. The summed E-state index contributed by atoms with van der Waals surface area (Å²) in [7, 11) is 0. The zero-order chi connectivity index (χ0) is 16.4. The van der Waals surface area contributed by atoms with Crippen molar-refractivity contribution in [3.63, 3.8) is 0 Å². The van der Waals surface area contributed by atoms with Crippen molar-refractivity contribution < 1.29 is 9.59 Å². The highest BCUT2D eigenvalue weighted by molar-refractivity contribution is 6.07. The summed E-state index contributed by atoms with van der Waals surface area (Å²) in [5, 5.41) is 2.88. The van der Waals surface area contributed by atoms with Crippen LogP contribution in [-0.2, 0) is 10.3 Å². The Morgan fingerprint density at radius 2 is 1.96 bits per heavy atom. The summed E-state index contributed by atoms with van der Waals surface area (Å²) in [6.07, 6.45) is 4.57. The number of benzene rings is 1. The van der Waals surface area contributed by atoms with Gasteiger partial charge in [-0.2, -0.15) is 0 Å². The SMILES string of the molecule is CC[C@H]1CCCCN1CN1C(=O)N[C@](C)(c2ccccc2)C1=O. The number of nitrogens with one attached hydrogen (secondary N) is 1. The van der Waals surface area contributed by atoms with Crippen molar-refractivity contribution in [3.8, 4) is 0 Å². The fourth-order valence-corrected chi connectivity index (χ4v) is 3.68. The van der Waals surface area contributed by atoms with Crippen LogP contribution in [0.15, 0.2) is 30.3 Å². The molecule has 0 aliphatic carbocycles. The molecule has 0 bridgehead atoms. The van der Waals surface area contributed by atoms with Gasteiger partial charge in [-0.25, -0.2) is 9.69 Å². The van der Waals surface area contributed by atoms with Crippen LogP contribution in [-0.4, -0.2) is 41.0 Å². The number of piperidine rings is 1. The molecule has 0 aromatic heterocycles. The number of carbonyl (C=O) groups is 2. The Balaban J connectivity index is 1.79. The van der Waals surface area contributed by atoms with Gasteiger partial charge in [-0.05, 0) is 31.7 Å². The van der Waals surface area contributed by atoms with E-state index in [0.29, 0.717) is 12.7 Å². The van der Waals surface area contributed by atoms with Gasteiger partial charge in [-0.15, -0.1) is 0 Å². The lowest BCUT2D eigenvalue weighted by Crippen LogP contribution is -2.48. The monoisotopic (exact) mass is 315 g/mol. The molecule has 124 valence electrons. The summed E-state index contributed by atoms with van der Waals surface area (Å²) >= 11 is 0. The third-order valence-corrected chi connectivity index (χ3v) is 5.17. The number of imide groups is 1. The van der Waals surface area contributed by atoms with Gasteiger partial charge in [0.2, 0.25) is 0 Å². The first-order valence-corrected chi connectivity index (χ1v) is 8.50. The van der Waals surface area contributed by atoms with E-state index in [0.717, 1.165) is 31.4 Å². The molecule has 23 heavy (non-hydrogen) atoms. The van der Waals surface area contributed by atoms with Crippen LogP contribution in [0.5, 0.6) is 0 Å². The lowest BCUT2D eigenvalue weighted by Gasteiger charge is -2.37. The fourth-order valence-electron chi connectivity index (χ4n) is 3.68. The van der Waals surface area contributed by atoms with E-state index in [1.54, 1.807) is 6.92 Å². The van der Waals surface area contributed by atoms with Crippen LogP contribution in [0.1, 0.15) is 45.1 Å². The molecule has 2 atom stereocenters. The van der Waals surface area contributed by atoms with Crippen molar-refractivity contribution in [3.05, 3.63) is 35.9 Å². The average molecular weight is 315 g/mol. The van der Waals surface area contributed by atoms with Gasteiger partial charge in [0, 0.05) is 12.6 Å². The normalized spacial score (nSPS) is 29.0. The van der Waals surface area contributed by atoms with E-state index in [-0.39, 0.29) is 11.9 Å². The largest absolute Gasteiger partial charge is 0.326 e. The highest BCUT2D eigenvalue weighted by Gasteiger charge is 2.49. The summed E-state index contributed by atoms with van der Waals surface area (Å²) < 4.78 is 0. The van der Waals surface area contributed by atoms with Crippen LogP contribution in [0.4, 0.5) is 4.79 Å². The molecule has 5 heteroatoms. The minimum Gasteiger partial charge on any atom is -0.319 e. The molecule has 1 N–H and O–H groups in total. The third-order valence-electron chi connectivity index (χ3n) is 5.17. The number of hydrogen-bond acceptors (Lipinski definition) is 3. The van der Waals surface area contributed by atoms with Gasteiger partial charge in [-0.1, -0.05) is 43.7 Å². The second-order valence-corrected chi connectivity index (χ2v) is 6.67. The minimum atomic E-state index is -0.962. The second-order valence-electron chi connectivity index (χ2n) is 6.67.